The molecule has 10 nitrogen and oxygen atoms in total. The number of piperidine rings is 1. The molecule has 2 aliphatic rings. The number of imidazole rings is 1. The zero-order valence-electron chi connectivity index (χ0n) is 29.4. The van der Waals surface area contributed by atoms with Crippen molar-refractivity contribution in [2.45, 2.75) is 57.5 Å². The normalized spacial score (nSPS) is 21.2. The molecular formula is C42H46N4O6. The second-order valence-electron chi connectivity index (χ2n) is 13.7. The molecule has 2 fully saturated rings. The summed E-state index contributed by atoms with van der Waals surface area (Å²) in [6, 6.07) is 32.3. The zero-order chi connectivity index (χ0) is 36.0. The third-order valence-electron chi connectivity index (χ3n) is 10.3. The molecule has 0 unspecified atom stereocenters. The van der Waals surface area contributed by atoms with Gasteiger partial charge in [0.05, 0.1) is 29.8 Å². The summed E-state index contributed by atoms with van der Waals surface area (Å²) < 4.78 is 20.5. The number of nitrogens with one attached hydrogen (secondary N) is 2. The number of rotatable bonds is 11. The third kappa shape index (κ3) is 7.90. The Morgan fingerprint density at radius 3 is 2.44 bits per heavy atom. The van der Waals surface area contributed by atoms with E-state index >= 15 is 0 Å². The van der Waals surface area contributed by atoms with Crippen molar-refractivity contribution >= 4 is 17.1 Å². The number of benzene rings is 4. The summed E-state index contributed by atoms with van der Waals surface area (Å²) in [4.78, 5) is 30.2. The third-order valence-corrected chi connectivity index (χ3v) is 10.3. The Hall–Kier alpha value is -5.00. The van der Waals surface area contributed by atoms with Gasteiger partial charge in [0.2, 0.25) is 0 Å². The first kappa shape index (κ1) is 35.4. The molecule has 0 saturated carbocycles. The van der Waals surface area contributed by atoms with E-state index in [0.29, 0.717) is 6.54 Å². The molecule has 0 aliphatic carbocycles. The molecule has 0 radical (unpaired) electrons. The maximum Gasteiger partial charge on any atom is 0.407 e. The van der Waals surface area contributed by atoms with Gasteiger partial charge in [-0.15, -0.1) is 0 Å². The second-order valence-corrected chi connectivity index (χ2v) is 13.7. The largest absolute Gasteiger partial charge is 0.445 e. The molecule has 2 saturated heterocycles. The van der Waals surface area contributed by atoms with Crippen molar-refractivity contribution in [3.8, 4) is 11.1 Å². The Balaban J connectivity index is 1.06. The monoisotopic (exact) mass is 702 g/mol. The van der Waals surface area contributed by atoms with Gasteiger partial charge in [-0.3, -0.25) is 4.57 Å². The van der Waals surface area contributed by atoms with Gasteiger partial charge in [0.1, 0.15) is 6.61 Å². The molecule has 0 spiro atoms. The lowest BCUT2D eigenvalue weighted by Crippen LogP contribution is -2.47. The lowest BCUT2D eigenvalue weighted by atomic mass is 9.89. The number of carbonyl (C=O) groups excluding carboxylic acids is 1. The first-order chi connectivity index (χ1) is 25.4. The van der Waals surface area contributed by atoms with Crippen molar-refractivity contribution in [1.82, 2.24) is 19.8 Å². The number of aromatic nitrogens is 2. The van der Waals surface area contributed by atoms with Crippen molar-refractivity contribution in [1.29, 1.82) is 0 Å². The van der Waals surface area contributed by atoms with Crippen LogP contribution >= 0.6 is 0 Å². The first-order valence-electron chi connectivity index (χ1n) is 18.0. The Morgan fingerprint density at radius 2 is 1.69 bits per heavy atom. The number of para-hydroxylation sites is 2. The van der Waals surface area contributed by atoms with E-state index in [0.717, 1.165) is 76.9 Å². The van der Waals surface area contributed by atoms with E-state index in [1.54, 1.807) is 0 Å². The standard InChI is InChI=1S/C42H46N4O6/c1-3-23-50-42(49)43-25-30-7-6-8-34(24-30)31-15-17-33(18-16-31)40-51-38(28(2)39(52-40)32-13-11-29(27-47)12-14-32)26-45-21-19-35(20-22-45)46-37-10-5-4-9-36(37)44-41(46)48/h3-18,24,28,35,38-40,47H,1,19-23,25-27H2,2H3,(H,43,49)(H,44,48)/t28-,38+,39+,40+/m0/s1. The molecule has 10 heteroatoms. The second kappa shape index (κ2) is 16.1. The van der Waals surface area contributed by atoms with E-state index in [4.69, 9.17) is 14.2 Å². The Morgan fingerprint density at radius 1 is 0.942 bits per heavy atom. The lowest BCUT2D eigenvalue weighted by Gasteiger charge is -2.44. The van der Waals surface area contributed by atoms with Crippen LogP contribution in [0.25, 0.3) is 22.2 Å². The average molecular weight is 703 g/mol. The number of aromatic amines is 1. The van der Waals surface area contributed by atoms with E-state index in [2.05, 4.69) is 59.0 Å². The average Bonchev–Trinajstić information content (AvgIpc) is 3.53. The van der Waals surface area contributed by atoms with Crippen LogP contribution in [0.4, 0.5) is 4.79 Å². The van der Waals surface area contributed by atoms with Crippen molar-refractivity contribution in [2.24, 2.45) is 5.92 Å². The molecule has 1 aromatic heterocycles. The number of amides is 1. The summed E-state index contributed by atoms with van der Waals surface area (Å²) in [5.41, 5.74) is 7.65. The fourth-order valence-corrected chi connectivity index (χ4v) is 7.43. The van der Waals surface area contributed by atoms with E-state index in [-0.39, 0.29) is 43.1 Å². The molecule has 52 heavy (non-hydrogen) atoms. The number of likely N-dealkylation sites (tertiary alicyclic amines) is 1. The molecule has 7 rings (SSSR count). The molecule has 3 heterocycles. The number of aliphatic hydroxyl groups is 1. The van der Waals surface area contributed by atoms with Gasteiger partial charge in [0.15, 0.2) is 6.29 Å². The van der Waals surface area contributed by atoms with Crippen LogP contribution in [-0.4, -0.2) is 58.0 Å². The van der Waals surface area contributed by atoms with Crippen LogP contribution in [0, 0.1) is 5.92 Å². The number of H-pyrrole nitrogens is 1. The summed E-state index contributed by atoms with van der Waals surface area (Å²) in [5, 5.41) is 12.4. The lowest BCUT2D eigenvalue weighted by molar-refractivity contribution is -0.276. The van der Waals surface area contributed by atoms with Crippen LogP contribution in [0.15, 0.2) is 115 Å². The molecule has 4 atom stereocenters. The minimum Gasteiger partial charge on any atom is -0.445 e. The van der Waals surface area contributed by atoms with E-state index in [9.17, 15) is 14.7 Å². The van der Waals surface area contributed by atoms with Gasteiger partial charge < -0.3 is 34.5 Å². The van der Waals surface area contributed by atoms with Crippen molar-refractivity contribution in [3.05, 3.63) is 142 Å². The topological polar surface area (TPSA) is 118 Å². The number of aliphatic hydroxyl groups excluding tert-OH is 1. The predicted octanol–water partition coefficient (Wildman–Crippen LogP) is 7.03. The summed E-state index contributed by atoms with van der Waals surface area (Å²) in [6.45, 7) is 8.74. The van der Waals surface area contributed by atoms with Gasteiger partial charge in [0, 0.05) is 43.7 Å². The van der Waals surface area contributed by atoms with Gasteiger partial charge in [0.25, 0.3) is 0 Å². The molecule has 270 valence electrons. The van der Waals surface area contributed by atoms with Crippen LogP contribution in [0.1, 0.15) is 60.5 Å². The number of ether oxygens (including phenoxy) is 3. The Labute approximate surface area is 303 Å². The zero-order valence-corrected chi connectivity index (χ0v) is 29.4. The minimum atomic E-state index is -0.572. The van der Waals surface area contributed by atoms with Gasteiger partial charge in [-0.1, -0.05) is 98.4 Å². The molecule has 3 N–H and O–H groups in total. The van der Waals surface area contributed by atoms with Crippen molar-refractivity contribution < 1.29 is 24.1 Å². The molecule has 0 bridgehead atoms. The Kier molecular flexibility index (Phi) is 11.0. The number of alkyl carbamates (subject to hydrolysis) is 1. The summed E-state index contributed by atoms with van der Waals surface area (Å²) in [5.74, 6) is 0.0647. The quantitative estimate of drug-likeness (QED) is 0.127. The highest BCUT2D eigenvalue weighted by Gasteiger charge is 2.39. The summed E-state index contributed by atoms with van der Waals surface area (Å²) >= 11 is 0. The fraction of sp³-hybridized carbons (Fsp3) is 0.333. The Bertz CT molecular complexity index is 2030. The van der Waals surface area contributed by atoms with Gasteiger partial charge >= 0.3 is 11.8 Å². The number of fused-ring (bicyclic) bond motifs is 1. The molecule has 4 aromatic carbocycles. The number of hydrogen-bond acceptors (Lipinski definition) is 7. The van der Waals surface area contributed by atoms with Crippen LogP contribution < -0.4 is 11.0 Å². The summed E-state index contributed by atoms with van der Waals surface area (Å²) in [6.07, 6.45) is 1.93. The number of hydrogen-bond donors (Lipinski definition) is 3. The number of nitrogens with zero attached hydrogens (tertiary/aromatic N) is 2. The van der Waals surface area contributed by atoms with E-state index in [1.807, 2.05) is 71.3 Å². The van der Waals surface area contributed by atoms with Crippen molar-refractivity contribution in [3.63, 3.8) is 0 Å². The van der Waals surface area contributed by atoms with Crippen molar-refractivity contribution in [2.75, 3.05) is 26.2 Å². The maximum absolute atomic E-state index is 12.9. The molecule has 5 aromatic rings. The summed E-state index contributed by atoms with van der Waals surface area (Å²) in [7, 11) is 0. The molecule has 2 aliphatic heterocycles. The SMILES string of the molecule is C=CCOC(=O)NCc1cccc(-c2ccc([C@@H]3O[C@H](CN4CCC(n5c(=O)[nH]c6ccccc65)CC4)[C@H](C)[C@H](c4ccc(CO)cc4)O3)cc2)c1. The molecular weight excluding hydrogens is 656 g/mol. The van der Waals surface area contributed by atoms with Crippen LogP contribution in [0.5, 0.6) is 0 Å². The van der Waals surface area contributed by atoms with Gasteiger partial charge in [-0.2, -0.15) is 0 Å². The number of carbonyl (C=O) groups is 1. The van der Waals surface area contributed by atoms with E-state index < -0.39 is 12.4 Å². The van der Waals surface area contributed by atoms with Crippen LogP contribution in [0.3, 0.4) is 0 Å². The first-order valence-corrected chi connectivity index (χ1v) is 18.0. The maximum atomic E-state index is 12.9. The predicted molar refractivity (Wildman–Crippen MR) is 201 cm³/mol. The smallest absolute Gasteiger partial charge is 0.407 e. The highest BCUT2D eigenvalue weighted by molar-refractivity contribution is 5.75. The van der Waals surface area contributed by atoms with Crippen LogP contribution in [-0.2, 0) is 27.4 Å². The van der Waals surface area contributed by atoms with E-state index in [1.165, 1.54) is 6.08 Å². The minimum absolute atomic E-state index is 0.00954. The highest BCUT2D eigenvalue weighted by atomic mass is 16.7. The van der Waals surface area contributed by atoms with Crippen LogP contribution in [0.2, 0.25) is 0 Å². The van der Waals surface area contributed by atoms with Gasteiger partial charge in [-0.25, -0.2) is 9.59 Å². The molecule has 1 amide bonds. The highest BCUT2D eigenvalue weighted by Crippen LogP contribution is 2.42. The fourth-order valence-electron chi connectivity index (χ4n) is 7.43. The van der Waals surface area contributed by atoms with Gasteiger partial charge in [-0.05, 0) is 58.9 Å².